The van der Waals surface area contributed by atoms with E-state index in [9.17, 15) is 0 Å². The highest BCUT2D eigenvalue weighted by Crippen LogP contribution is 2.27. The standard InChI is InChI=1S/C11H14N4S/c1-7-5-3-4-6-9(7)10(13-12)11-8(2)14-15-16-11/h3-6,10,13H,12H2,1-2H3. The summed E-state index contributed by atoms with van der Waals surface area (Å²) in [4.78, 5) is 1.07. The second kappa shape index (κ2) is 4.69. The normalized spacial score (nSPS) is 12.7. The van der Waals surface area contributed by atoms with E-state index < -0.39 is 0 Å². The first-order valence-electron chi connectivity index (χ1n) is 5.04. The maximum Gasteiger partial charge on any atom is 0.0840 e. The Balaban J connectivity index is 2.45. The zero-order chi connectivity index (χ0) is 11.5. The van der Waals surface area contributed by atoms with E-state index in [-0.39, 0.29) is 6.04 Å². The number of nitrogens with zero attached hydrogens (tertiary/aromatic N) is 2. The molecular weight excluding hydrogens is 220 g/mol. The van der Waals surface area contributed by atoms with E-state index in [0.717, 1.165) is 10.6 Å². The van der Waals surface area contributed by atoms with Gasteiger partial charge in [-0.3, -0.25) is 5.84 Å². The van der Waals surface area contributed by atoms with E-state index in [0.29, 0.717) is 0 Å². The van der Waals surface area contributed by atoms with Crippen molar-refractivity contribution in [1.82, 2.24) is 15.0 Å². The zero-order valence-electron chi connectivity index (χ0n) is 9.27. The average molecular weight is 234 g/mol. The topological polar surface area (TPSA) is 63.8 Å². The Labute approximate surface area is 98.6 Å². The van der Waals surface area contributed by atoms with Gasteiger partial charge in [0.25, 0.3) is 0 Å². The van der Waals surface area contributed by atoms with Crippen molar-refractivity contribution in [2.24, 2.45) is 5.84 Å². The van der Waals surface area contributed by atoms with E-state index in [2.05, 4.69) is 34.1 Å². The molecule has 2 rings (SSSR count). The molecule has 1 atom stereocenters. The van der Waals surface area contributed by atoms with Crippen LogP contribution >= 0.6 is 11.5 Å². The lowest BCUT2D eigenvalue weighted by Crippen LogP contribution is -2.29. The van der Waals surface area contributed by atoms with Crippen molar-refractivity contribution < 1.29 is 0 Å². The summed E-state index contributed by atoms with van der Waals surface area (Å²) in [5.74, 6) is 5.63. The van der Waals surface area contributed by atoms with Gasteiger partial charge in [0.2, 0.25) is 0 Å². The lowest BCUT2D eigenvalue weighted by Gasteiger charge is -2.16. The van der Waals surface area contributed by atoms with Crippen molar-refractivity contribution in [2.45, 2.75) is 19.9 Å². The van der Waals surface area contributed by atoms with Crippen LogP contribution in [-0.2, 0) is 0 Å². The van der Waals surface area contributed by atoms with Crippen molar-refractivity contribution in [2.75, 3.05) is 0 Å². The highest BCUT2D eigenvalue weighted by Gasteiger charge is 2.19. The highest BCUT2D eigenvalue weighted by molar-refractivity contribution is 7.05. The van der Waals surface area contributed by atoms with E-state index in [1.807, 2.05) is 19.1 Å². The van der Waals surface area contributed by atoms with Crippen LogP contribution in [0.2, 0.25) is 0 Å². The molecule has 5 heteroatoms. The van der Waals surface area contributed by atoms with Crippen LogP contribution in [-0.4, -0.2) is 9.59 Å². The SMILES string of the molecule is Cc1ccccc1C(NN)c1snnc1C. The summed E-state index contributed by atoms with van der Waals surface area (Å²) in [6.45, 7) is 4.02. The molecule has 1 aromatic carbocycles. The maximum atomic E-state index is 5.63. The smallest absolute Gasteiger partial charge is 0.0840 e. The second-order valence-corrected chi connectivity index (χ2v) is 4.46. The number of aromatic nitrogens is 2. The monoisotopic (exact) mass is 234 g/mol. The molecule has 84 valence electrons. The number of hydrogen-bond acceptors (Lipinski definition) is 5. The molecule has 1 unspecified atom stereocenters. The molecule has 0 saturated carbocycles. The van der Waals surface area contributed by atoms with Gasteiger partial charge < -0.3 is 0 Å². The zero-order valence-corrected chi connectivity index (χ0v) is 10.1. The number of rotatable bonds is 3. The van der Waals surface area contributed by atoms with Gasteiger partial charge in [-0.2, -0.15) is 0 Å². The van der Waals surface area contributed by atoms with Crippen molar-refractivity contribution in [1.29, 1.82) is 0 Å². The summed E-state index contributed by atoms with van der Waals surface area (Å²) in [7, 11) is 0. The summed E-state index contributed by atoms with van der Waals surface area (Å²) in [5.41, 5.74) is 6.13. The molecule has 3 N–H and O–H groups in total. The lowest BCUT2D eigenvalue weighted by atomic mass is 10.00. The highest BCUT2D eigenvalue weighted by atomic mass is 32.1. The van der Waals surface area contributed by atoms with Crippen LogP contribution in [0.3, 0.4) is 0 Å². The summed E-state index contributed by atoms with van der Waals surface area (Å²) in [6, 6.07) is 8.14. The molecule has 16 heavy (non-hydrogen) atoms. The molecule has 2 aromatic rings. The molecule has 0 fully saturated rings. The Morgan fingerprint density at radius 1 is 1.31 bits per heavy atom. The van der Waals surface area contributed by atoms with Gasteiger partial charge in [-0.25, -0.2) is 5.43 Å². The van der Waals surface area contributed by atoms with Crippen molar-refractivity contribution in [3.8, 4) is 0 Å². The van der Waals surface area contributed by atoms with Gasteiger partial charge in [-0.15, -0.1) is 5.10 Å². The van der Waals surface area contributed by atoms with E-state index in [1.54, 1.807) is 0 Å². The molecule has 0 saturated heterocycles. The van der Waals surface area contributed by atoms with Crippen LogP contribution in [0, 0.1) is 13.8 Å². The molecule has 0 bridgehead atoms. The summed E-state index contributed by atoms with van der Waals surface area (Å²) in [6.07, 6.45) is 0. The predicted octanol–water partition coefficient (Wildman–Crippen LogP) is 1.71. The van der Waals surface area contributed by atoms with Crippen molar-refractivity contribution >= 4 is 11.5 Å². The van der Waals surface area contributed by atoms with E-state index in [4.69, 9.17) is 5.84 Å². The number of hydrazine groups is 1. The van der Waals surface area contributed by atoms with Crippen LogP contribution in [0.1, 0.15) is 27.7 Å². The summed E-state index contributed by atoms with van der Waals surface area (Å²) >= 11 is 1.38. The molecule has 0 aliphatic rings. The summed E-state index contributed by atoms with van der Waals surface area (Å²) in [5, 5.41) is 4.01. The van der Waals surface area contributed by atoms with Crippen LogP contribution < -0.4 is 11.3 Å². The first-order chi connectivity index (χ1) is 7.74. The first-order valence-corrected chi connectivity index (χ1v) is 5.82. The van der Waals surface area contributed by atoms with Gasteiger partial charge in [0.15, 0.2) is 0 Å². The molecular formula is C11H14N4S. The fourth-order valence-corrected chi connectivity index (χ4v) is 2.44. The molecule has 0 amide bonds. The quantitative estimate of drug-likeness (QED) is 0.627. The Bertz CT molecular complexity index is 480. The van der Waals surface area contributed by atoms with Crippen LogP contribution in [0.5, 0.6) is 0 Å². The minimum absolute atomic E-state index is 0.0267. The maximum absolute atomic E-state index is 5.63. The largest absolute Gasteiger partial charge is 0.271 e. The average Bonchev–Trinajstić information content (AvgIpc) is 2.69. The fraction of sp³-hybridized carbons (Fsp3) is 0.273. The van der Waals surface area contributed by atoms with Gasteiger partial charge >= 0.3 is 0 Å². The third-order valence-corrected chi connectivity index (χ3v) is 3.51. The van der Waals surface area contributed by atoms with E-state index in [1.165, 1.54) is 22.7 Å². The Morgan fingerprint density at radius 3 is 2.62 bits per heavy atom. The molecule has 0 spiro atoms. The molecule has 0 aliphatic heterocycles. The molecule has 1 aromatic heterocycles. The Kier molecular flexibility index (Phi) is 3.28. The number of hydrogen-bond donors (Lipinski definition) is 2. The molecule has 0 radical (unpaired) electrons. The Hall–Kier alpha value is -1.30. The predicted molar refractivity (Wildman–Crippen MR) is 65.0 cm³/mol. The lowest BCUT2D eigenvalue weighted by molar-refractivity contribution is 0.638. The van der Waals surface area contributed by atoms with Crippen LogP contribution in [0.4, 0.5) is 0 Å². The van der Waals surface area contributed by atoms with Gasteiger partial charge in [-0.1, -0.05) is 28.8 Å². The third kappa shape index (κ3) is 1.97. The van der Waals surface area contributed by atoms with Crippen molar-refractivity contribution in [3.63, 3.8) is 0 Å². The molecule has 1 heterocycles. The van der Waals surface area contributed by atoms with Gasteiger partial charge in [0.05, 0.1) is 16.6 Å². The van der Waals surface area contributed by atoms with Gasteiger partial charge in [0.1, 0.15) is 0 Å². The number of nitrogens with one attached hydrogen (secondary N) is 1. The number of nitrogens with two attached hydrogens (primary N) is 1. The number of benzene rings is 1. The first kappa shape index (κ1) is 11.2. The van der Waals surface area contributed by atoms with Crippen LogP contribution in [0.15, 0.2) is 24.3 Å². The van der Waals surface area contributed by atoms with E-state index >= 15 is 0 Å². The van der Waals surface area contributed by atoms with Gasteiger partial charge in [-0.05, 0) is 36.5 Å². The third-order valence-electron chi connectivity index (χ3n) is 2.61. The van der Waals surface area contributed by atoms with Gasteiger partial charge in [0, 0.05) is 0 Å². The summed E-state index contributed by atoms with van der Waals surface area (Å²) < 4.78 is 3.94. The second-order valence-electron chi connectivity index (χ2n) is 3.68. The van der Waals surface area contributed by atoms with Crippen molar-refractivity contribution in [3.05, 3.63) is 46.0 Å². The van der Waals surface area contributed by atoms with Crippen LogP contribution in [0.25, 0.3) is 0 Å². The minimum atomic E-state index is -0.0267. The molecule has 4 nitrogen and oxygen atoms in total. The fourth-order valence-electron chi connectivity index (χ4n) is 1.72. The molecule has 0 aliphatic carbocycles. The minimum Gasteiger partial charge on any atom is -0.271 e. The Morgan fingerprint density at radius 2 is 2.06 bits per heavy atom. The number of aryl methyl sites for hydroxylation is 2.